The van der Waals surface area contributed by atoms with Crippen LogP contribution in [0.4, 0.5) is 18.9 Å². The first kappa shape index (κ1) is 19.0. The molecule has 3 N–H and O–H groups in total. The van der Waals surface area contributed by atoms with Crippen molar-refractivity contribution in [2.75, 3.05) is 5.32 Å². The highest BCUT2D eigenvalue weighted by Gasteiger charge is 2.40. The molecular weight excluding hydrogens is 357 g/mol. The summed E-state index contributed by atoms with van der Waals surface area (Å²) in [6.07, 6.45) is 1.58. The maximum Gasteiger partial charge on any atom is 0.416 e. The van der Waals surface area contributed by atoms with Gasteiger partial charge in [-0.2, -0.15) is 18.4 Å². The molecule has 0 aromatic heterocycles. The van der Waals surface area contributed by atoms with E-state index in [-0.39, 0.29) is 12.0 Å². The Labute approximate surface area is 155 Å². The number of carbonyl (C=O) groups excluding carboxylic acids is 1. The van der Waals surface area contributed by atoms with Gasteiger partial charge in [-0.3, -0.25) is 4.79 Å². The number of amidine groups is 1. The number of benzene rings is 1. The SMILES string of the molecule is N#CCC1CCCCC1[N+]1=C(Nc2ccc(C(F)(F)F)cc2)C(C(N)=O)=C1. The number of alkyl halides is 3. The molecule has 1 aliphatic carbocycles. The Balaban J connectivity index is 1.85. The predicted molar refractivity (Wildman–Crippen MR) is 93.6 cm³/mol. The number of hydrogen-bond acceptors (Lipinski definition) is 3. The Morgan fingerprint density at radius 3 is 2.52 bits per heavy atom. The first-order valence-electron chi connectivity index (χ1n) is 8.80. The van der Waals surface area contributed by atoms with Crippen molar-refractivity contribution in [1.29, 1.82) is 5.26 Å². The summed E-state index contributed by atoms with van der Waals surface area (Å²) in [5.74, 6) is 0.0595. The number of rotatable bonds is 4. The van der Waals surface area contributed by atoms with Crippen LogP contribution in [0.3, 0.4) is 0 Å². The standard InChI is InChI=1S/C19H19F3N4O/c20-19(21,22)13-5-7-14(8-6-13)25-18-15(17(24)27)11-26(18)16-4-2-1-3-12(16)9-10-23/h5-8,11-12,16H,1-4,9H2,(H2,24,27)/p+1. The fourth-order valence-electron chi connectivity index (χ4n) is 3.70. The number of nitrogens with one attached hydrogen (secondary N) is 1. The second-order valence-electron chi connectivity index (χ2n) is 6.84. The van der Waals surface area contributed by atoms with Crippen LogP contribution in [0.1, 0.15) is 37.7 Å². The Hall–Kier alpha value is -2.82. The first-order valence-corrected chi connectivity index (χ1v) is 8.80. The Kier molecular flexibility index (Phi) is 5.22. The Morgan fingerprint density at radius 2 is 1.93 bits per heavy atom. The van der Waals surface area contributed by atoms with Gasteiger partial charge in [0, 0.05) is 12.3 Å². The van der Waals surface area contributed by atoms with E-state index in [0.29, 0.717) is 23.5 Å². The van der Waals surface area contributed by atoms with Crippen molar-refractivity contribution >= 4 is 17.4 Å². The van der Waals surface area contributed by atoms with Gasteiger partial charge in [0.2, 0.25) is 0 Å². The average Bonchev–Trinajstić information content (AvgIpc) is 2.60. The third kappa shape index (κ3) is 3.97. The summed E-state index contributed by atoms with van der Waals surface area (Å²) in [6.45, 7) is 0. The van der Waals surface area contributed by atoms with Crippen LogP contribution < -0.4 is 11.1 Å². The third-order valence-corrected chi connectivity index (χ3v) is 5.10. The van der Waals surface area contributed by atoms with Crippen molar-refractivity contribution in [2.24, 2.45) is 11.7 Å². The van der Waals surface area contributed by atoms with E-state index in [2.05, 4.69) is 11.4 Å². The van der Waals surface area contributed by atoms with Gasteiger partial charge in [0.05, 0.1) is 11.6 Å². The van der Waals surface area contributed by atoms with Gasteiger partial charge in [0.25, 0.3) is 11.7 Å². The maximum absolute atomic E-state index is 12.7. The molecule has 3 rings (SSSR count). The molecule has 1 fully saturated rings. The van der Waals surface area contributed by atoms with E-state index in [4.69, 9.17) is 11.0 Å². The highest BCUT2D eigenvalue weighted by atomic mass is 19.4. The lowest BCUT2D eigenvalue weighted by Gasteiger charge is -2.33. The average molecular weight is 377 g/mol. The molecule has 1 amide bonds. The molecule has 0 bridgehead atoms. The molecule has 2 atom stereocenters. The molecule has 27 heavy (non-hydrogen) atoms. The lowest BCUT2D eigenvalue weighted by molar-refractivity contribution is -0.524. The van der Waals surface area contributed by atoms with Crippen LogP contribution in [0.5, 0.6) is 0 Å². The molecule has 1 heterocycles. The van der Waals surface area contributed by atoms with Crippen molar-refractivity contribution in [1.82, 2.24) is 0 Å². The zero-order valence-corrected chi connectivity index (χ0v) is 14.6. The molecule has 5 nitrogen and oxygen atoms in total. The van der Waals surface area contributed by atoms with Crippen molar-refractivity contribution < 1.29 is 22.5 Å². The van der Waals surface area contributed by atoms with E-state index in [0.717, 1.165) is 37.8 Å². The van der Waals surface area contributed by atoms with Gasteiger partial charge in [0.1, 0.15) is 17.9 Å². The number of carbonyl (C=O) groups is 1. The third-order valence-electron chi connectivity index (χ3n) is 5.10. The van der Waals surface area contributed by atoms with Crippen molar-refractivity contribution in [2.45, 2.75) is 44.3 Å². The number of hydrogen-bond donors (Lipinski definition) is 2. The van der Waals surface area contributed by atoms with E-state index < -0.39 is 17.6 Å². The van der Waals surface area contributed by atoms with Gasteiger partial charge >= 0.3 is 6.18 Å². The minimum Gasteiger partial charge on any atom is -0.365 e. The van der Waals surface area contributed by atoms with Crippen molar-refractivity contribution in [3.05, 3.63) is 41.6 Å². The molecule has 142 valence electrons. The summed E-state index contributed by atoms with van der Waals surface area (Å²) in [5.41, 5.74) is 5.41. The summed E-state index contributed by atoms with van der Waals surface area (Å²) >= 11 is 0. The Morgan fingerprint density at radius 1 is 1.26 bits per heavy atom. The molecule has 1 aliphatic heterocycles. The molecule has 1 saturated carbocycles. The van der Waals surface area contributed by atoms with Gasteiger partial charge in [-0.05, 0) is 43.5 Å². The predicted octanol–water partition coefficient (Wildman–Crippen LogP) is 3.38. The summed E-state index contributed by atoms with van der Waals surface area (Å²) in [6, 6.07) is 6.89. The normalized spacial score (nSPS) is 22.5. The highest BCUT2D eigenvalue weighted by Crippen LogP contribution is 2.33. The number of anilines is 1. The van der Waals surface area contributed by atoms with Gasteiger partial charge in [-0.1, -0.05) is 6.42 Å². The highest BCUT2D eigenvalue weighted by molar-refractivity contribution is 6.24. The van der Waals surface area contributed by atoms with E-state index in [1.807, 2.05) is 4.58 Å². The van der Waals surface area contributed by atoms with Crippen LogP contribution in [0.25, 0.3) is 0 Å². The second-order valence-corrected chi connectivity index (χ2v) is 6.84. The zero-order chi connectivity index (χ0) is 19.6. The molecule has 2 aliphatic rings. The van der Waals surface area contributed by atoms with Crippen LogP contribution in [-0.2, 0) is 11.0 Å². The molecule has 0 radical (unpaired) electrons. The number of halogens is 3. The van der Waals surface area contributed by atoms with Crippen molar-refractivity contribution in [3.8, 4) is 6.07 Å². The summed E-state index contributed by atoms with van der Waals surface area (Å²) in [5, 5.41) is 12.1. The molecule has 2 unspecified atom stereocenters. The zero-order valence-electron chi connectivity index (χ0n) is 14.6. The van der Waals surface area contributed by atoms with Gasteiger partial charge in [-0.25, -0.2) is 9.89 Å². The number of amides is 1. The molecule has 8 heteroatoms. The monoisotopic (exact) mass is 377 g/mol. The van der Waals surface area contributed by atoms with Gasteiger partial charge in [-0.15, -0.1) is 0 Å². The maximum atomic E-state index is 12.7. The summed E-state index contributed by atoms with van der Waals surface area (Å²) in [7, 11) is 0. The van der Waals surface area contributed by atoms with E-state index in [9.17, 15) is 18.0 Å². The molecule has 0 saturated heterocycles. The fourth-order valence-corrected chi connectivity index (χ4v) is 3.70. The van der Waals surface area contributed by atoms with Gasteiger partial charge < -0.3 is 5.73 Å². The quantitative estimate of drug-likeness (QED) is 0.789. The molecule has 1 aromatic rings. The topological polar surface area (TPSA) is 81.9 Å². The van der Waals surface area contributed by atoms with Gasteiger partial charge in [0.15, 0.2) is 5.57 Å². The molecule has 1 aromatic carbocycles. The minimum atomic E-state index is -4.40. The van der Waals surface area contributed by atoms with E-state index >= 15 is 0 Å². The lowest BCUT2D eigenvalue weighted by atomic mass is 9.81. The molecule has 0 spiro atoms. The van der Waals surface area contributed by atoms with Crippen LogP contribution in [0, 0.1) is 17.2 Å². The summed E-state index contributed by atoms with van der Waals surface area (Å²) < 4.78 is 40.1. The largest absolute Gasteiger partial charge is 0.416 e. The first-order chi connectivity index (χ1) is 12.8. The fraction of sp³-hybridized carbons (Fsp3) is 0.421. The number of nitrogens with zero attached hydrogens (tertiary/aromatic N) is 2. The van der Waals surface area contributed by atoms with E-state index in [1.54, 1.807) is 6.20 Å². The number of nitrogens with two attached hydrogens (primary N) is 1. The van der Waals surface area contributed by atoms with Crippen LogP contribution in [0.2, 0.25) is 0 Å². The molecular formula is C19H20F3N4O+. The van der Waals surface area contributed by atoms with Crippen LogP contribution in [-0.4, -0.2) is 22.4 Å². The van der Waals surface area contributed by atoms with E-state index in [1.165, 1.54) is 12.1 Å². The smallest absolute Gasteiger partial charge is 0.365 e. The number of primary amides is 1. The van der Waals surface area contributed by atoms with Crippen LogP contribution >= 0.6 is 0 Å². The Bertz CT molecular complexity index is 834. The van der Waals surface area contributed by atoms with Crippen LogP contribution in [0.15, 0.2) is 36.0 Å². The number of nitriles is 1. The second kappa shape index (κ2) is 7.43. The lowest BCUT2D eigenvalue weighted by Crippen LogP contribution is -2.47. The van der Waals surface area contributed by atoms with Crippen molar-refractivity contribution in [3.63, 3.8) is 0 Å². The summed E-state index contributed by atoms with van der Waals surface area (Å²) in [4.78, 5) is 11.7. The minimum absolute atomic E-state index is 0.0680.